The molecule has 1 heteroatoms. The van der Waals surface area contributed by atoms with Gasteiger partial charge >= 0.3 is 0 Å². The zero-order valence-corrected chi connectivity index (χ0v) is 11.6. The Balaban J connectivity index is 1.72. The van der Waals surface area contributed by atoms with E-state index < -0.39 is 0 Å². The summed E-state index contributed by atoms with van der Waals surface area (Å²) in [6, 6.07) is 15.6. The Hall–Kier alpha value is -1.76. The summed E-state index contributed by atoms with van der Waals surface area (Å²) in [5.41, 5.74) is 7.17. The summed E-state index contributed by atoms with van der Waals surface area (Å²) < 4.78 is 0. The van der Waals surface area contributed by atoms with Crippen LogP contribution in [0.25, 0.3) is 0 Å². The maximum absolute atomic E-state index is 3.47. The van der Waals surface area contributed by atoms with E-state index in [9.17, 15) is 0 Å². The first-order chi connectivity index (χ1) is 9.33. The standard InChI is InChI=1S/C18H21N/c1-14-5-2-3-6-16(14)10-8-15-9-11-18-17(13-15)7-4-12-19-18/h2-3,5-6,9,11,13,19H,4,7-8,10,12H2,1H3. The van der Waals surface area contributed by atoms with Gasteiger partial charge in [-0.05, 0) is 60.9 Å². The highest BCUT2D eigenvalue weighted by atomic mass is 14.9. The van der Waals surface area contributed by atoms with Gasteiger partial charge in [0.1, 0.15) is 0 Å². The molecule has 1 heterocycles. The summed E-state index contributed by atoms with van der Waals surface area (Å²) in [4.78, 5) is 0. The van der Waals surface area contributed by atoms with Crippen molar-refractivity contribution in [2.24, 2.45) is 0 Å². The zero-order valence-electron chi connectivity index (χ0n) is 11.6. The van der Waals surface area contributed by atoms with Crippen LogP contribution >= 0.6 is 0 Å². The fraction of sp³-hybridized carbons (Fsp3) is 0.333. The molecule has 19 heavy (non-hydrogen) atoms. The first-order valence-corrected chi connectivity index (χ1v) is 7.23. The molecule has 0 amide bonds. The average molecular weight is 251 g/mol. The molecule has 98 valence electrons. The Morgan fingerprint density at radius 3 is 2.84 bits per heavy atom. The van der Waals surface area contributed by atoms with Crippen molar-refractivity contribution in [3.05, 3.63) is 64.7 Å². The van der Waals surface area contributed by atoms with E-state index in [0.717, 1.165) is 19.4 Å². The van der Waals surface area contributed by atoms with E-state index in [1.54, 1.807) is 0 Å². The molecule has 0 saturated heterocycles. The van der Waals surface area contributed by atoms with Crippen LogP contribution in [0.1, 0.15) is 28.7 Å². The molecule has 0 aromatic heterocycles. The van der Waals surface area contributed by atoms with Gasteiger partial charge in [-0.25, -0.2) is 0 Å². The van der Waals surface area contributed by atoms with E-state index in [2.05, 4.69) is 54.7 Å². The lowest BCUT2D eigenvalue weighted by atomic mass is 9.96. The van der Waals surface area contributed by atoms with Gasteiger partial charge in [0.2, 0.25) is 0 Å². The number of fused-ring (bicyclic) bond motifs is 1. The lowest BCUT2D eigenvalue weighted by molar-refractivity contribution is 0.825. The van der Waals surface area contributed by atoms with Gasteiger partial charge in [-0.3, -0.25) is 0 Å². The van der Waals surface area contributed by atoms with E-state index in [0.29, 0.717) is 0 Å². The number of nitrogens with one attached hydrogen (secondary N) is 1. The van der Waals surface area contributed by atoms with Crippen molar-refractivity contribution in [1.82, 2.24) is 0 Å². The van der Waals surface area contributed by atoms with Crippen molar-refractivity contribution in [2.75, 3.05) is 11.9 Å². The first-order valence-electron chi connectivity index (χ1n) is 7.23. The fourth-order valence-corrected chi connectivity index (χ4v) is 2.85. The monoisotopic (exact) mass is 251 g/mol. The van der Waals surface area contributed by atoms with Gasteiger partial charge in [-0.15, -0.1) is 0 Å². The van der Waals surface area contributed by atoms with Crippen LogP contribution in [0, 0.1) is 6.92 Å². The Morgan fingerprint density at radius 2 is 1.95 bits per heavy atom. The Bertz CT molecular complexity index is 572. The predicted molar refractivity (Wildman–Crippen MR) is 81.8 cm³/mol. The van der Waals surface area contributed by atoms with E-state index in [1.807, 2.05) is 0 Å². The Labute approximate surface area is 115 Å². The molecule has 1 nitrogen and oxygen atoms in total. The molecule has 0 atom stereocenters. The molecule has 0 aliphatic carbocycles. The van der Waals surface area contributed by atoms with Gasteiger partial charge in [0.05, 0.1) is 0 Å². The van der Waals surface area contributed by atoms with Crippen molar-refractivity contribution in [2.45, 2.75) is 32.6 Å². The molecule has 0 spiro atoms. The normalized spacial score (nSPS) is 13.7. The molecular formula is C18H21N. The third-order valence-electron chi connectivity index (χ3n) is 4.05. The van der Waals surface area contributed by atoms with Gasteiger partial charge in [0.25, 0.3) is 0 Å². The second-order valence-electron chi connectivity index (χ2n) is 5.45. The van der Waals surface area contributed by atoms with Gasteiger partial charge in [-0.1, -0.05) is 36.4 Å². The summed E-state index contributed by atoms with van der Waals surface area (Å²) in [5, 5.41) is 3.47. The molecule has 1 aliphatic rings. The van der Waals surface area contributed by atoms with Crippen LogP contribution in [0.2, 0.25) is 0 Å². The highest BCUT2D eigenvalue weighted by Gasteiger charge is 2.08. The van der Waals surface area contributed by atoms with Gasteiger partial charge in [-0.2, -0.15) is 0 Å². The molecule has 0 bridgehead atoms. The Kier molecular flexibility index (Phi) is 3.54. The average Bonchev–Trinajstić information content (AvgIpc) is 2.46. The molecule has 0 fully saturated rings. The van der Waals surface area contributed by atoms with Crippen LogP contribution < -0.4 is 5.32 Å². The maximum atomic E-state index is 3.47. The molecule has 0 saturated carbocycles. The maximum Gasteiger partial charge on any atom is 0.0372 e. The van der Waals surface area contributed by atoms with Gasteiger partial charge < -0.3 is 5.32 Å². The zero-order chi connectivity index (χ0) is 13.1. The first kappa shape index (κ1) is 12.3. The topological polar surface area (TPSA) is 12.0 Å². The molecule has 2 aromatic rings. The van der Waals surface area contributed by atoms with Gasteiger partial charge in [0.15, 0.2) is 0 Å². The SMILES string of the molecule is Cc1ccccc1CCc1ccc2c(c1)CCCN2. The van der Waals surface area contributed by atoms with Crippen molar-refractivity contribution in [3.63, 3.8) is 0 Å². The predicted octanol–water partition coefficient (Wildman–Crippen LogP) is 4.14. The molecule has 2 aromatic carbocycles. The number of hydrogen-bond acceptors (Lipinski definition) is 1. The van der Waals surface area contributed by atoms with Crippen molar-refractivity contribution in [1.29, 1.82) is 0 Å². The second kappa shape index (κ2) is 5.48. The third kappa shape index (κ3) is 2.81. The smallest absolute Gasteiger partial charge is 0.0372 e. The second-order valence-corrected chi connectivity index (χ2v) is 5.45. The van der Waals surface area contributed by atoms with Crippen molar-refractivity contribution in [3.8, 4) is 0 Å². The number of rotatable bonds is 3. The minimum absolute atomic E-state index is 1.12. The highest BCUT2D eigenvalue weighted by molar-refractivity contribution is 5.54. The molecule has 1 N–H and O–H groups in total. The van der Waals surface area contributed by atoms with Crippen LogP contribution in [0.3, 0.4) is 0 Å². The van der Waals surface area contributed by atoms with E-state index >= 15 is 0 Å². The number of hydrogen-bond donors (Lipinski definition) is 1. The van der Waals surface area contributed by atoms with Crippen molar-refractivity contribution < 1.29 is 0 Å². The molecule has 1 aliphatic heterocycles. The van der Waals surface area contributed by atoms with Crippen LogP contribution in [0.5, 0.6) is 0 Å². The molecule has 0 unspecified atom stereocenters. The number of anilines is 1. The Morgan fingerprint density at radius 1 is 1.05 bits per heavy atom. The minimum atomic E-state index is 1.12. The quantitative estimate of drug-likeness (QED) is 0.864. The molecule has 0 radical (unpaired) electrons. The van der Waals surface area contributed by atoms with Gasteiger partial charge in [0, 0.05) is 12.2 Å². The summed E-state index contributed by atoms with van der Waals surface area (Å²) >= 11 is 0. The largest absolute Gasteiger partial charge is 0.385 e. The number of aryl methyl sites for hydroxylation is 4. The third-order valence-corrected chi connectivity index (χ3v) is 4.05. The van der Waals surface area contributed by atoms with E-state index in [4.69, 9.17) is 0 Å². The van der Waals surface area contributed by atoms with Crippen LogP contribution in [-0.4, -0.2) is 6.54 Å². The summed E-state index contributed by atoms with van der Waals surface area (Å²) in [7, 11) is 0. The fourth-order valence-electron chi connectivity index (χ4n) is 2.85. The lowest BCUT2D eigenvalue weighted by Crippen LogP contribution is -2.11. The van der Waals surface area contributed by atoms with Crippen LogP contribution in [0.4, 0.5) is 5.69 Å². The summed E-state index contributed by atoms with van der Waals surface area (Å²) in [5.74, 6) is 0. The lowest BCUT2D eigenvalue weighted by Gasteiger charge is -2.18. The number of benzene rings is 2. The molecular weight excluding hydrogens is 230 g/mol. The van der Waals surface area contributed by atoms with E-state index in [-0.39, 0.29) is 0 Å². The minimum Gasteiger partial charge on any atom is -0.385 e. The highest BCUT2D eigenvalue weighted by Crippen LogP contribution is 2.23. The van der Waals surface area contributed by atoms with Crippen molar-refractivity contribution >= 4 is 5.69 Å². The molecule has 3 rings (SSSR count). The summed E-state index contributed by atoms with van der Waals surface area (Å²) in [6.07, 6.45) is 4.76. The van der Waals surface area contributed by atoms with Crippen LogP contribution in [-0.2, 0) is 19.3 Å². The summed E-state index contributed by atoms with van der Waals surface area (Å²) in [6.45, 7) is 3.32. The van der Waals surface area contributed by atoms with Crippen LogP contribution in [0.15, 0.2) is 42.5 Å². The van der Waals surface area contributed by atoms with E-state index in [1.165, 1.54) is 40.8 Å².